The van der Waals surface area contributed by atoms with Gasteiger partial charge in [0.2, 0.25) is 11.8 Å². The number of ether oxygens (including phenoxy) is 2. The van der Waals surface area contributed by atoms with E-state index in [0.717, 1.165) is 0 Å². The van der Waals surface area contributed by atoms with Gasteiger partial charge < -0.3 is 55.3 Å². The van der Waals surface area contributed by atoms with Crippen molar-refractivity contribution in [1.82, 2.24) is 9.97 Å². The molecule has 16 N–H and O–H groups in total. The molecule has 3 rings (SSSR count). The fourth-order valence-electron chi connectivity index (χ4n) is 3.63. The summed E-state index contributed by atoms with van der Waals surface area (Å²) in [6, 6.07) is 5.57. The van der Waals surface area contributed by atoms with Crippen LogP contribution in [-0.4, -0.2) is 58.1 Å². The van der Waals surface area contributed by atoms with E-state index < -0.39 is 24.3 Å². The van der Waals surface area contributed by atoms with E-state index in [9.17, 15) is 0 Å². The maximum Gasteiger partial charge on any atom is 0.213 e. The largest absolute Gasteiger partial charge is 0.472 e. The molecule has 0 aromatic carbocycles. The second-order valence-corrected chi connectivity index (χ2v) is 7.81. The average Bonchev–Trinajstić information content (AvgIpc) is 2.77. The quantitative estimate of drug-likeness (QED) is 0.139. The van der Waals surface area contributed by atoms with Gasteiger partial charge in [-0.3, -0.25) is 0 Å². The Morgan fingerprint density at radius 3 is 1.33 bits per heavy atom. The van der Waals surface area contributed by atoms with Crippen molar-refractivity contribution < 1.29 is 9.47 Å². The summed E-state index contributed by atoms with van der Waals surface area (Å²) in [5.74, 6) is 0.231. The summed E-state index contributed by atoms with van der Waals surface area (Å²) in [6.45, 7) is 0. The first-order chi connectivity index (χ1) is 17.1. The van der Waals surface area contributed by atoms with Crippen molar-refractivity contribution in [1.29, 1.82) is 0 Å². The SMILES string of the molecule is NC(N)=Nc1ccc(O[C@H]2C[C@@H](Oc3ccc(N=C(N)N)cn3)C(N=C(N)N)CC2N=C(N)N)nc1. The summed E-state index contributed by atoms with van der Waals surface area (Å²) in [4.78, 5) is 25.0. The minimum atomic E-state index is -0.537. The molecular weight excluding hydrogens is 468 g/mol. The number of pyridine rings is 2. The Labute approximate surface area is 206 Å². The maximum atomic E-state index is 6.12. The minimum Gasteiger partial charge on any atom is -0.472 e. The summed E-state index contributed by atoms with van der Waals surface area (Å²) < 4.78 is 12.2. The lowest BCUT2D eigenvalue weighted by atomic mass is 9.86. The Kier molecular flexibility index (Phi) is 8.11. The van der Waals surface area contributed by atoms with Gasteiger partial charge >= 0.3 is 0 Å². The van der Waals surface area contributed by atoms with Gasteiger partial charge in [-0.2, -0.15) is 0 Å². The van der Waals surface area contributed by atoms with Crippen LogP contribution in [0.2, 0.25) is 0 Å². The number of aliphatic imine (C=N–C) groups is 4. The Balaban J connectivity index is 1.85. The van der Waals surface area contributed by atoms with E-state index in [2.05, 4.69) is 29.9 Å². The van der Waals surface area contributed by atoms with E-state index >= 15 is 0 Å². The van der Waals surface area contributed by atoms with Crippen molar-refractivity contribution in [3.63, 3.8) is 0 Å². The lowest BCUT2D eigenvalue weighted by molar-refractivity contribution is 0.0372. The molecule has 4 atom stereocenters. The number of hydrogen-bond acceptors (Lipinski definition) is 8. The third-order valence-corrected chi connectivity index (χ3v) is 4.94. The second-order valence-electron chi connectivity index (χ2n) is 7.81. The first kappa shape index (κ1) is 25.6. The highest BCUT2D eigenvalue weighted by Crippen LogP contribution is 2.31. The molecule has 2 unspecified atom stereocenters. The van der Waals surface area contributed by atoms with Gasteiger partial charge in [0.25, 0.3) is 0 Å². The molecule has 2 heterocycles. The number of guanidine groups is 4. The summed E-state index contributed by atoms with van der Waals surface area (Å²) >= 11 is 0. The maximum absolute atomic E-state index is 6.12. The third kappa shape index (κ3) is 7.51. The predicted octanol–water partition coefficient (Wildman–Crippen LogP) is -2.44. The molecule has 1 aliphatic rings. The van der Waals surface area contributed by atoms with E-state index in [1.54, 1.807) is 24.3 Å². The zero-order valence-electron chi connectivity index (χ0n) is 19.3. The van der Waals surface area contributed by atoms with Gasteiger partial charge in [-0.1, -0.05) is 0 Å². The zero-order chi connectivity index (χ0) is 26.2. The Bertz CT molecular complexity index is 1040. The summed E-state index contributed by atoms with van der Waals surface area (Å²) in [7, 11) is 0. The van der Waals surface area contributed by atoms with Crippen LogP contribution in [0.25, 0.3) is 0 Å². The minimum absolute atomic E-state index is 0.0868. The van der Waals surface area contributed by atoms with Gasteiger partial charge in [-0.25, -0.2) is 29.9 Å². The highest BCUT2D eigenvalue weighted by atomic mass is 16.5. The highest BCUT2D eigenvalue weighted by Gasteiger charge is 2.40. The molecular formula is C20H30N14O2. The molecule has 0 saturated heterocycles. The first-order valence-electron chi connectivity index (χ1n) is 10.7. The molecule has 0 spiro atoms. The molecule has 2 aromatic heterocycles. The van der Waals surface area contributed by atoms with E-state index in [1.807, 2.05) is 0 Å². The van der Waals surface area contributed by atoms with Crippen molar-refractivity contribution in [3.8, 4) is 11.8 Å². The molecule has 0 amide bonds. The Morgan fingerprint density at radius 2 is 1.03 bits per heavy atom. The van der Waals surface area contributed by atoms with Crippen LogP contribution >= 0.6 is 0 Å². The molecule has 1 fully saturated rings. The number of hydrogen-bond donors (Lipinski definition) is 8. The Hall–Kier alpha value is -5.02. The van der Waals surface area contributed by atoms with Crippen LogP contribution in [0, 0.1) is 0 Å². The summed E-state index contributed by atoms with van der Waals surface area (Å²) in [5, 5.41) is 0. The van der Waals surface area contributed by atoms with E-state index in [4.69, 9.17) is 55.3 Å². The highest BCUT2D eigenvalue weighted by molar-refractivity contribution is 5.79. The van der Waals surface area contributed by atoms with Gasteiger partial charge in [0.05, 0.1) is 35.9 Å². The molecule has 2 aromatic rings. The molecule has 1 aliphatic carbocycles. The topological polar surface area (TPSA) is 302 Å². The van der Waals surface area contributed by atoms with Crippen molar-refractivity contribution in [2.75, 3.05) is 0 Å². The van der Waals surface area contributed by atoms with Crippen LogP contribution in [-0.2, 0) is 0 Å². The number of nitrogens with two attached hydrogens (primary N) is 8. The van der Waals surface area contributed by atoms with Crippen molar-refractivity contribution in [3.05, 3.63) is 36.7 Å². The standard InChI is InChI=1S/C20H30N14O2/c21-17(22)31-9-1-3-15(29-7-9)35-13-6-14(12(34-20(27)28)5-11(13)33-19(25)26)36-16-4-2-10(8-30-16)32-18(23)24/h1-4,7-8,11-14H,5-6H2,(H4,21,22,31)(H4,23,24,32)(H4,25,26,33)(H4,27,28,34)/t11?,12?,13-,14+. The molecule has 36 heavy (non-hydrogen) atoms. The van der Waals surface area contributed by atoms with E-state index in [-0.39, 0.29) is 23.8 Å². The number of rotatable bonds is 8. The first-order valence-corrected chi connectivity index (χ1v) is 10.7. The lowest BCUT2D eigenvalue weighted by Gasteiger charge is -2.37. The lowest BCUT2D eigenvalue weighted by Crippen LogP contribution is -2.50. The smallest absolute Gasteiger partial charge is 0.213 e. The van der Waals surface area contributed by atoms with Crippen molar-refractivity contribution in [2.24, 2.45) is 65.8 Å². The van der Waals surface area contributed by atoms with Gasteiger partial charge in [0, 0.05) is 18.6 Å². The molecule has 0 aliphatic heterocycles. The molecule has 16 heteroatoms. The molecule has 0 bridgehead atoms. The fourth-order valence-corrected chi connectivity index (χ4v) is 3.63. The van der Waals surface area contributed by atoms with Gasteiger partial charge in [0.15, 0.2) is 23.8 Å². The number of nitrogens with zero attached hydrogens (tertiary/aromatic N) is 6. The normalized spacial score (nSPS) is 20.9. The molecule has 192 valence electrons. The monoisotopic (exact) mass is 498 g/mol. The Morgan fingerprint density at radius 1 is 0.611 bits per heavy atom. The van der Waals surface area contributed by atoms with E-state index in [0.29, 0.717) is 36.0 Å². The third-order valence-electron chi connectivity index (χ3n) is 4.94. The predicted molar refractivity (Wildman–Crippen MR) is 137 cm³/mol. The van der Waals surface area contributed by atoms with Crippen LogP contribution in [0.1, 0.15) is 12.8 Å². The van der Waals surface area contributed by atoms with Crippen LogP contribution in [0.3, 0.4) is 0 Å². The second kappa shape index (κ2) is 11.4. The van der Waals surface area contributed by atoms with Crippen LogP contribution in [0.5, 0.6) is 11.8 Å². The van der Waals surface area contributed by atoms with Crippen molar-refractivity contribution in [2.45, 2.75) is 37.1 Å². The van der Waals surface area contributed by atoms with Gasteiger partial charge in [-0.15, -0.1) is 0 Å². The molecule has 0 radical (unpaired) electrons. The summed E-state index contributed by atoms with van der Waals surface area (Å²) in [5.41, 5.74) is 45.2. The molecule has 1 saturated carbocycles. The van der Waals surface area contributed by atoms with Crippen molar-refractivity contribution >= 4 is 35.2 Å². The molecule has 16 nitrogen and oxygen atoms in total. The van der Waals surface area contributed by atoms with Crippen LogP contribution in [0.15, 0.2) is 56.6 Å². The summed E-state index contributed by atoms with van der Waals surface area (Å²) in [6.07, 6.45) is 2.48. The fraction of sp³-hybridized carbons (Fsp3) is 0.300. The van der Waals surface area contributed by atoms with Crippen LogP contribution < -0.4 is 55.3 Å². The van der Waals surface area contributed by atoms with Gasteiger partial charge in [0.1, 0.15) is 12.2 Å². The van der Waals surface area contributed by atoms with Crippen LogP contribution in [0.4, 0.5) is 11.4 Å². The zero-order valence-corrected chi connectivity index (χ0v) is 19.3. The van der Waals surface area contributed by atoms with Gasteiger partial charge in [-0.05, 0) is 18.6 Å². The van der Waals surface area contributed by atoms with E-state index in [1.165, 1.54) is 12.4 Å². The number of aromatic nitrogens is 2. The average molecular weight is 499 g/mol.